The molecule has 2 aromatic carbocycles. The molecule has 0 saturated carbocycles. The Kier molecular flexibility index (Phi) is 4.22. The minimum absolute atomic E-state index is 0.0732. The molecule has 0 spiro atoms. The maximum atomic E-state index is 11.9. The van der Waals surface area contributed by atoms with Crippen LogP contribution in [0, 0.1) is 0 Å². The minimum atomic E-state index is -3.86. The van der Waals surface area contributed by atoms with E-state index in [-0.39, 0.29) is 13.0 Å². The van der Waals surface area contributed by atoms with E-state index in [4.69, 9.17) is 9.26 Å². The van der Waals surface area contributed by atoms with E-state index in [9.17, 15) is 14.3 Å². The van der Waals surface area contributed by atoms with Crippen LogP contribution in [0.15, 0.2) is 60.7 Å². The van der Waals surface area contributed by atoms with Crippen molar-refractivity contribution in [2.75, 3.05) is 0 Å². The second-order valence-corrected chi connectivity index (χ2v) is 7.19. The topological polar surface area (TPSA) is 88.2 Å². The smallest absolute Gasteiger partial charge is 0.410 e. The highest BCUT2D eigenvalue weighted by Gasteiger charge is 2.69. The van der Waals surface area contributed by atoms with Crippen molar-refractivity contribution in [2.24, 2.45) is 0 Å². The second kappa shape index (κ2) is 6.16. The summed E-state index contributed by atoms with van der Waals surface area (Å²) in [5, 5.41) is 2.38. The number of alkyl carbamates (subject to hydrolysis) is 1. The molecule has 0 aromatic heterocycles. The molecule has 1 heterocycles. The number of benzene rings is 2. The molecule has 2 unspecified atom stereocenters. The van der Waals surface area contributed by atoms with Crippen molar-refractivity contribution < 1.29 is 23.5 Å². The van der Waals surface area contributed by atoms with Gasteiger partial charge in [0.15, 0.2) is 0 Å². The fraction of sp³-hybridized carbons (Fsp3) is 0.188. The third kappa shape index (κ3) is 3.62. The summed E-state index contributed by atoms with van der Waals surface area (Å²) >= 11 is 0. The third-order valence-electron chi connectivity index (χ3n) is 3.50. The number of carbonyl (C=O) groups is 1. The lowest BCUT2D eigenvalue weighted by molar-refractivity contribution is 0.123. The van der Waals surface area contributed by atoms with E-state index < -0.39 is 19.2 Å². The minimum Gasteiger partial charge on any atom is -0.445 e. The van der Waals surface area contributed by atoms with Crippen molar-refractivity contribution in [3.63, 3.8) is 0 Å². The molecule has 2 aromatic rings. The molecule has 1 saturated heterocycles. The molecule has 7 heteroatoms. The Morgan fingerprint density at radius 2 is 1.61 bits per heavy atom. The zero-order valence-electron chi connectivity index (χ0n) is 12.2. The van der Waals surface area contributed by atoms with Crippen LogP contribution in [-0.4, -0.2) is 16.5 Å². The maximum absolute atomic E-state index is 11.9. The SMILES string of the molecule is O=C(NC1(Cc2ccccc2)OP1(=O)O)OCc1ccccc1. The van der Waals surface area contributed by atoms with E-state index in [1.54, 1.807) is 24.3 Å². The predicted molar refractivity (Wildman–Crippen MR) is 83.6 cm³/mol. The average Bonchev–Trinajstić information content (AvgIpc) is 3.07. The Morgan fingerprint density at radius 3 is 2.13 bits per heavy atom. The predicted octanol–water partition coefficient (Wildman–Crippen LogP) is 3.02. The van der Waals surface area contributed by atoms with E-state index in [1.807, 2.05) is 36.4 Å². The van der Waals surface area contributed by atoms with Gasteiger partial charge in [0.1, 0.15) is 6.61 Å². The molecule has 0 radical (unpaired) electrons. The van der Waals surface area contributed by atoms with E-state index in [2.05, 4.69) is 5.32 Å². The normalized spacial score (nSPS) is 25.6. The number of hydrogen-bond acceptors (Lipinski definition) is 4. The van der Waals surface area contributed by atoms with Crippen LogP contribution < -0.4 is 5.32 Å². The lowest BCUT2D eigenvalue weighted by Crippen LogP contribution is -2.39. The molecule has 1 amide bonds. The van der Waals surface area contributed by atoms with Gasteiger partial charge in [-0.05, 0) is 11.1 Å². The summed E-state index contributed by atoms with van der Waals surface area (Å²) in [6.07, 6.45) is -0.696. The highest BCUT2D eigenvalue weighted by molar-refractivity contribution is 7.60. The molecule has 1 aliphatic heterocycles. The molecule has 1 aliphatic rings. The van der Waals surface area contributed by atoms with Crippen LogP contribution in [0.1, 0.15) is 11.1 Å². The number of nitrogens with one attached hydrogen (secondary N) is 1. The Labute approximate surface area is 133 Å². The molecule has 1 fully saturated rings. The number of amides is 1. The van der Waals surface area contributed by atoms with Crippen molar-refractivity contribution in [2.45, 2.75) is 18.5 Å². The van der Waals surface area contributed by atoms with Crippen LogP contribution in [-0.2, 0) is 26.9 Å². The first kappa shape index (κ1) is 15.7. The van der Waals surface area contributed by atoms with Gasteiger partial charge in [-0.15, -0.1) is 0 Å². The fourth-order valence-electron chi connectivity index (χ4n) is 2.25. The van der Waals surface area contributed by atoms with Gasteiger partial charge in [-0.1, -0.05) is 60.7 Å². The van der Waals surface area contributed by atoms with Gasteiger partial charge >= 0.3 is 13.7 Å². The molecule has 3 rings (SSSR count). The van der Waals surface area contributed by atoms with Gasteiger partial charge < -0.3 is 9.63 Å². The Morgan fingerprint density at radius 1 is 1.09 bits per heavy atom. The van der Waals surface area contributed by atoms with E-state index in [0.29, 0.717) is 0 Å². The highest BCUT2D eigenvalue weighted by Crippen LogP contribution is 2.74. The van der Waals surface area contributed by atoms with Gasteiger partial charge in [-0.2, -0.15) is 0 Å². The molecule has 6 nitrogen and oxygen atoms in total. The maximum Gasteiger partial charge on any atom is 0.410 e. The van der Waals surface area contributed by atoms with Crippen molar-refractivity contribution in [1.29, 1.82) is 0 Å². The van der Waals surface area contributed by atoms with Gasteiger partial charge in [-0.3, -0.25) is 14.4 Å². The van der Waals surface area contributed by atoms with Gasteiger partial charge in [0, 0.05) is 6.42 Å². The Hall–Kier alpha value is -2.14. The molecule has 120 valence electrons. The quantitative estimate of drug-likeness (QED) is 0.649. The monoisotopic (exact) mass is 333 g/mol. The van der Waals surface area contributed by atoms with E-state index in [0.717, 1.165) is 11.1 Å². The number of carbonyl (C=O) groups excluding carboxylic acids is 1. The van der Waals surface area contributed by atoms with E-state index >= 15 is 0 Å². The van der Waals surface area contributed by atoms with Crippen molar-refractivity contribution in [3.8, 4) is 0 Å². The van der Waals surface area contributed by atoms with Crippen LogP contribution >= 0.6 is 7.60 Å². The van der Waals surface area contributed by atoms with Crippen LogP contribution in [0.4, 0.5) is 4.79 Å². The van der Waals surface area contributed by atoms with Crippen LogP contribution in [0.5, 0.6) is 0 Å². The first-order valence-electron chi connectivity index (χ1n) is 7.07. The Bertz CT molecular complexity index is 737. The van der Waals surface area contributed by atoms with Crippen LogP contribution in [0.2, 0.25) is 0 Å². The molecule has 0 aliphatic carbocycles. The van der Waals surface area contributed by atoms with Crippen molar-refractivity contribution in [1.82, 2.24) is 5.32 Å². The summed E-state index contributed by atoms with van der Waals surface area (Å²) < 4.78 is 21.8. The lowest BCUT2D eigenvalue weighted by Gasteiger charge is -2.13. The first-order valence-corrected chi connectivity index (χ1v) is 8.65. The summed E-state index contributed by atoms with van der Waals surface area (Å²) in [7, 11) is -3.86. The summed E-state index contributed by atoms with van der Waals surface area (Å²) in [5.41, 5.74) is 0.00793. The molecule has 23 heavy (non-hydrogen) atoms. The molecular weight excluding hydrogens is 317 g/mol. The summed E-state index contributed by atoms with van der Waals surface area (Å²) in [6.45, 7) is 0.0732. The third-order valence-corrected chi connectivity index (χ3v) is 5.16. The van der Waals surface area contributed by atoms with Gasteiger partial charge in [-0.25, -0.2) is 4.79 Å². The standard InChI is InChI=1S/C16H16NO5P/c18-15(21-12-14-9-5-2-6-10-14)17-16(22-23(16,19)20)11-13-7-3-1-4-8-13/h1-10H,11-12H2,(H,17,18)(H,19,20). The zero-order valence-corrected chi connectivity index (χ0v) is 13.1. The van der Waals surface area contributed by atoms with Crippen molar-refractivity contribution in [3.05, 3.63) is 71.8 Å². The van der Waals surface area contributed by atoms with Gasteiger partial charge in [0.25, 0.3) is 5.47 Å². The van der Waals surface area contributed by atoms with Crippen molar-refractivity contribution >= 4 is 13.7 Å². The largest absolute Gasteiger partial charge is 0.445 e. The zero-order chi connectivity index (χ0) is 16.3. The Balaban J connectivity index is 1.62. The van der Waals surface area contributed by atoms with Gasteiger partial charge in [0.2, 0.25) is 0 Å². The van der Waals surface area contributed by atoms with Crippen LogP contribution in [0.25, 0.3) is 0 Å². The van der Waals surface area contributed by atoms with Gasteiger partial charge in [0.05, 0.1) is 0 Å². The fourth-order valence-corrected chi connectivity index (χ4v) is 3.55. The van der Waals surface area contributed by atoms with E-state index in [1.165, 1.54) is 0 Å². The van der Waals surface area contributed by atoms with Crippen LogP contribution in [0.3, 0.4) is 0 Å². The average molecular weight is 333 g/mol. The summed E-state index contributed by atoms with van der Waals surface area (Å²) in [6, 6.07) is 18.2. The lowest BCUT2D eigenvalue weighted by atomic mass is 10.1. The number of rotatable bonds is 5. The number of hydrogen-bond donors (Lipinski definition) is 2. The highest BCUT2D eigenvalue weighted by atomic mass is 31.2. The first-order chi connectivity index (χ1) is 11.0. The summed E-state index contributed by atoms with van der Waals surface area (Å²) in [5.74, 6) is 0. The molecule has 0 bridgehead atoms. The molecular formula is C16H16NO5P. The molecule has 2 atom stereocenters. The number of ether oxygens (including phenoxy) is 1. The second-order valence-electron chi connectivity index (χ2n) is 5.25. The summed E-state index contributed by atoms with van der Waals surface area (Å²) in [4.78, 5) is 21.6. The molecule has 2 N–H and O–H groups in total.